The summed E-state index contributed by atoms with van der Waals surface area (Å²) in [7, 11) is 2.08. The molecule has 0 aromatic carbocycles. The topological polar surface area (TPSA) is 15.3 Å². The molecular weight excluding hydrogens is 184 g/mol. The zero-order chi connectivity index (χ0) is 10.5. The molecule has 0 aromatic heterocycles. The number of piperidine rings is 1. The molecule has 0 atom stereocenters. The van der Waals surface area contributed by atoms with Crippen molar-refractivity contribution >= 4 is 0 Å². The van der Waals surface area contributed by atoms with E-state index in [0.717, 1.165) is 12.0 Å². The molecule has 0 amide bonds. The molecular formula is C13H26N2. The van der Waals surface area contributed by atoms with Crippen LogP contribution in [0.5, 0.6) is 0 Å². The molecule has 1 aliphatic heterocycles. The third-order valence-corrected chi connectivity index (χ3v) is 4.22. The Morgan fingerprint density at radius 3 is 2.27 bits per heavy atom. The van der Waals surface area contributed by atoms with Crippen LogP contribution in [-0.2, 0) is 0 Å². The highest BCUT2D eigenvalue weighted by Crippen LogP contribution is 2.28. The van der Waals surface area contributed by atoms with Crippen molar-refractivity contribution in [3.63, 3.8) is 0 Å². The Balaban J connectivity index is 1.72. The lowest BCUT2D eigenvalue weighted by Crippen LogP contribution is -2.42. The van der Waals surface area contributed by atoms with Gasteiger partial charge in [0.2, 0.25) is 0 Å². The second-order valence-electron chi connectivity index (χ2n) is 5.33. The van der Waals surface area contributed by atoms with Crippen molar-refractivity contribution in [1.82, 2.24) is 10.2 Å². The molecule has 15 heavy (non-hydrogen) atoms. The molecule has 0 unspecified atom stereocenters. The van der Waals surface area contributed by atoms with Crippen molar-refractivity contribution in [3.8, 4) is 0 Å². The van der Waals surface area contributed by atoms with Crippen molar-refractivity contribution in [1.29, 1.82) is 0 Å². The van der Waals surface area contributed by atoms with Crippen LogP contribution in [-0.4, -0.2) is 37.6 Å². The fraction of sp³-hybridized carbons (Fsp3) is 1.00. The predicted octanol–water partition coefficient (Wildman–Crippen LogP) is 2.25. The SMILES string of the molecule is CNCC1CCC(N2CCCCC2)CC1. The Hall–Kier alpha value is -0.0800. The standard InChI is InChI=1S/C13H26N2/c1-14-11-12-5-7-13(8-6-12)15-9-3-2-4-10-15/h12-14H,2-11H2,1H3. The van der Waals surface area contributed by atoms with Crippen LogP contribution in [0.25, 0.3) is 0 Å². The van der Waals surface area contributed by atoms with Crippen molar-refractivity contribution in [2.75, 3.05) is 26.7 Å². The van der Waals surface area contributed by atoms with Crippen molar-refractivity contribution in [2.45, 2.75) is 51.0 Å². The second kappa shape index (κ2) is 5.86. The van der Waals surface area contributed by atoms with Crippen molar-refractivity contribution < 1.29 is 0 Å². The fourth-order valence-corrected chi connectivity index (χ4v) is 3.29. The molecule has 1 heterocycles. The summed E-state index contributed by atoms with van der Waals surface area (Å²) in [5.74, 6) is 0.955. The van der Waals surface area contributed by atoms with Gasteiger partial charge in [-0.15, -0.1) is 0 Å². The summed E-state index contributed by atoms with van der Waals surface area (Å²) in [6.07, 6.45) is 10.1. The predicted molar refractivity (Wildman–Crippen MR) is 65.1 cm³/mol. The minimum absolute atomic E-state index is 0.929. The van der Waals surface area contributed by atoms with E-state index in [2.05, 4.69) is 17.3 Å². The lowest BCUT2D eigenvalue weighted by atomic mass is 9.84. The van der Waals surface area contributed by atoms with Gasteiger partial charge >= 0.3 is 0 Å². The molecule has 0 radical (unpaired) electrons. The Morgan fingerprint density at radius 1 is 1.00 bits per heavy atom. The molecule has 88 valence electrons. The molecule has 0 bridgehead atoms. The number of nitrogens with zero attached hydrogens (tertiary/aromatic N) is 1. The normalized spacial score (nSPS) is 34.2. The van der Waals surface area contributed by atoms with Gasteiger partial charge in [0.15, 0.2) is 0 Å². The molecule has 2 fully saturated rings. The molecule has 0 spiro atoms. The van der Waals surface area contributed by atoms with Crippen LogP contribution in [0.3, 0.4) is 0 Å². The number of hydrogen-bond acceptors (Lipinski definition) is 2. The largest absolute Gasteiger partial charge is 0.319 e. The van der Waals surface area contributed by atoms with E-state index in [1.807, 2.05) is 0 Å². The third-order valence-electron chi connectivity index (χ3n) is 4.22. The van der Waals surface area contributed by atoms with E-state index in [-0.39, 0.29) is 0 Å². The van der Waals surface area contributed by atoms with Crippen LogP contribution in [0.4, 0.5) is 0 Å². The van der Waals surface area contributed by atoms with Gasteiger partial charge in [0.05, 0.1) is 0 Å². The zero-order valence-electron chi connectivity index (χ0n) is 10.2. The highest BCUT2D eigenvalue weighted by molar-refractivity contribution is 4.81. The van der Waals surface area contributed by atoms with E-state index in [4.69, 9.17) is 0 Å². The Kier molecular flexibility index (Phi) is 4.45. The Morgan fingerprint density at radius 2 is 1.67 bits per heavy atom. The molecule has 2 nitrogen and oxygen atoms in total. The summed E-state index contributed by atoms with van der Waals surface area (Å²) in [6, 6.07) is 0.929. The summed E-state index contributed by atoms with van der Waals surface area (Å²) in [5, 5.41) is 3.32. The molecule has 2 rings (SSSR count). The summed E-state index contributed by atoms with van der Waals surface area (Å²) in [5.41, 5.74) is 0. The highest BCUT2D eigenvalue weighted by atomic mass is 15.2. The summed E-state index contributed by atoms with van der Waals surface area (Å²) in [6.45, 7) is 3.98. The summed E-state index contributed by atoms with van der Waals surface area (Å²) in [4.78, 5) is 2.76. The average molecular weight is 210 g/mol. The van der Waals surface area contributed by atoms with Crippen molar-refractivity contribution in [2.24, 2.45) is 5.92 Å². The van der Waals surface area contributed by atoms with E-state index in [1.54, 1.807) is 0 Å². The van der Waals surface area contributed by atoms with E-state index in [9.17, 15) is 0 Å². The lowest BCUT2D eigenvalue weighted by Gasteiger charge is -2.38. The molecule has 1 saturated heterocycles. The van der Waals surface area contributed by atoms with Gasteiger partial charge in [-0.05, 0) is 71.1 Å². The van der Waals surface area contributed by atoms with E-state index in [1.165, 1.54) is 64.6 Å². The van der Waals surface area contributed by atoms with E-state index in [0.29, 0.717) is 0 Å². The third kappa shape index (κ3) is 3.18. The average Bonchev–Trinajstić information content (AvgIpc) is 2.32. The molecule has 1 N–H and O–H groups in total. The minimum Gasteiger partial charge on any atom is -0.319 e. The van der Waals surface area contributed by atoms with Crippen molar-refractivity contribution in [3.05, 3.63) is 0 Å². The van der Waals surface area contributed by atoms with Crippen LogP contribution in [0.2, 0.25) is 0 Å². The van der Waals surface area contributed by atoms with Gasteiger partial charge in [0.25, 0.3) is 0 Å². The van der Waals surface area contributed by atoms with Gasteiger partial charge < -0.3 is 10.2 Å². The van der Waals surface area contributed by atoms with Gasteiger partial charge in [-0.25, -0.2) is 0 Å². The van der Waals surface area contributed by atoms with Crippen LogP contribution in [0.1, 0.15) is 44.9 Å². The zero-order valence-corrected chi connectivity index (χ0v) is 10.2. The number of hydrogen-bond donors (Lipinski definition) is 1. The van der Waals surface area contributed by atoms with Gasteiger partial charge in [0, 0.05) is 6.04 Å². The maximum absolute atomic E-state index is 3.32. The van der Waals surface area contributed by atoms with E-state index < -0.39 is 0 Å². The van der Waals surface area contributed by atoms with Gasteiger partial charge in [0.1, 0.15) is 0 Å². The number of rotatable bonds is 3. The second-order valence-corrected chi connectivity index (χ2v) is 5.33. The first-order valence-electron chi connectivity index (χ1n) is 6.79. The van der Waals surface area contributed by atoms with Crippen LogP contribution < -0.4 is 5.32 Å². The maximum Gasteiger partial charge on any atom is 0.00954 e. The minimum atomic E-state index is 0.929. The van der Waals surface area contributed by atoms with Gasteiger partial charge in [-0.2, -0.15) is 0 Å². The van der Waals surface area contributed by atoms with E-state index >= 15 is 0 Å². The molecule has 1 aliphatic carbocycles. The Bertz CT molecular complexity index is 167. The molecule has 2 heteroatoms. The summed E-state index contributed by atoms with van der Waals surface area (Å²) >= 11 is 0. The Labute approximate surface area is 94.4 Å². The molecule has 1 saturated carbocycles. The van der Waals surface area contributed by atoms with Gasteiger partial charge in [-0.1, -0.05) is 6.42 Å². The smallest absolute Gasteiger partial charge is 0.00954 e. The summed E-state index contributed by atoms with van der Waals surface area (Å²) < 4.78 is 0. The first-order valence-corrected chi connectivity index (χ1v) is 6.79. The van der Waals surface area contributed by atoms with Crippen LogP contribution in [0.15, 0.2) is 0 Å². The first-order chi connectivity index (χ1) is 7.40. The molecule has 2 aliphatic rings. The van der Waals surface area contributed by atoms with Crippen LogP contribution >= 0.6 is 0 Å². The fourth-order valence-electron chi connectivity index (χ4n) is 3.29. The van der Waals surface area contributed by atoms with Crippen LogP contribution in [0, 0.1) is 5.92 Å². The van der Waals surface area contributed by atoms with Gasteiger partial charge in [-0.3, -0.25) is 0 Å². The highest BCUT2D eigenvalue weighted by Gasteiger charge is 2.25. The maximum atomic E-state index is 3.32. The first kappa shape index (κ1) is 11.4. The number of nitrogens with one attached hydrogen (secondary N) is 1. The monoisotopic (exact) mass is 210 g/mol. The molecule has 0 aromatic rings. The quantitative estimate of drug-likeness (QED) is 0.768. The lowest BCUT2D eigenvalue weighted by molar-refractivity contribution is 0.115. The number of likely N-dealkylation sites (tertiary alicyclic amines) is 1.